The van der Waals surface area contributed by atoms with E-state index in [0.717, 1.165) is 16.9 Å². The van der Waals surface area contributed by atoms with Gasteiger partial charge in [-0.25, -0.2) is 0 Å². The summed E-state index contributed by atoms with van der Waals surface area (Å²) >= 11 is 0. The van der Waals surface area contributed by atoms with Gasteiger partial charge in [0.05, 0.1) is 7.11 Å². The molecule has 146 valence electrons. The first-order chi connectivity index (χ1) is 13.3. The number of methoxy groups -OCH3 is 1. The van der Waals surface area contributed by atoms with E-state index >= 15 is 0 Å². The van der Waals surface area contributed by atoms with Crippen molar-refractivity contribution in [2.24, 2.45) is 0 Å². The topological polar surface area (TPSA) is 87.7 Å². The Hall–Kier alpha value is -3.28. The molecule has 6 heteroatoms. The van der Waals surface area contributed by atoms with Crippen molar-refractivity contribution in [2.75, 3.05) is 17.7 Å². The molecule has 0 aliphatic rings. The number of phenols is 1. The molecule has 0 fully saturated rings. The Labute approximate surface area is 163 Å². The minimum absolute atomic E-state index is 0.125. The van der Waals surface area contributed by atoms with Gasteiger partial charge >= 0.3 is 0 Å². The van der Waals surface area contributed by atoms with Crippen LogP contribution in [0.2, 0.25) is 0 Å². The lowest BCUT2D eigenvalue weighted by Crippen LogP contribution is -2.37. The molecule has 0 radical (unpaired) electrons. The number of phenolic OH excluding ortho intramolecular Hbond substituents is 1. The fraction of sp³-hybridized carbons (Fsp3) is 0.273. The van der Waals surface area contributed by atoms with Crippen molar-refractivity contribution in [1.29, 1.82) is 0 Å². The zero-order valence-electron chi connectivity index (χ0n) is 16.4. The van der Waals surface area contributed by atoms with Gasteiger partial charge in [0.15, 0.2) is 0 Å². The summed E-state index contributed by atoms with van der Waals surface area (Å²) in [7, 11) is 1.60. The summed E-state index contributed by atoms with van der Waals surface area (Å²) in [5, 5.41) is 16.1. The maximum atomic E-state index is 12.1. The fourth-order valence-corrected chi connectivity index (χ4v) is 3.10. The lowest BCUT2D eigenvalue weighted by Gasteiger charge is -2.21. The van der Waals surface area contributed by atoms with Crippen LogP contribution in [0, 0.1) is 0 Å². The molecular weight excluding hydrogens is 356 g/mol. The van der Waals surface area contributed by atoms with Crippen LogP contribution in [0.3, 0.4) is 0 Å². The van der Waals surface area contributed by atoms with E-state index in [-0.39, 0.29) is 29.1 Å². The van der Waals surface area contributed by atoms with Gasteiger partial charge in [-0.2, -0.15) is 0 Å². The number of anilines is 3. The van der Waals surface area contributed by atoms with Gasteiger partial charge in [0.25, 0.3) is 10.9 Å². The second kappa shape index (κ2) is 7.76. The molecule has 6 nitrogen and oxygen atoms in total. The molecule has 0 spiro atoms. The van der Waals surface area contributed by atoms with Gasteiger partial charge in [0, 0.05) is 11.7 Å². The quantitative estimate of drug-likeness (QED) is 0.424. The van der Waals surface area contributed by atoms with Crippen molar-refractivity contribution >= 4 is 17.1 Å². The third kappa shape index (κ3) is 3.71. The zero-order chi connectivity index (χ0) is 20.4. The van der Waals surface area contributed by atoms with Gasteiger partial charge in [-0.15, -0.1) is 0 Å². The van der Waals surface area contributed by atoms with Crippen molar-refractivity contribution in [1.82, 2.24) is 0 Å². The first kappa shape index (κ1) is 19.5. The molecule has 0 saturated heterocycles. The summed E-state index contributed by atoms with van der Waals surface area (Å²) in [4.78, 5) is 24.2. The summed E-state index contributed by atoms with van der Waals surface area (Å²) < 4.78 is 5.24. The van der Waals surface area contributed by atoms with E-state index in [4.69, 9.17) is 4.74 Å². The van der Waals surface area contributed by atoms with Crippen molar-refractivity contribution in [3.8, 4) is 11.5 Å². The molecule has 0 saturated carbocycles. The molecule has 0 aliphatic heterocycles. The number of aromatic hydroxyl groups is 1. The number of nitrogens with one attached hydrogen (secondary N) is 2. The third-order valence-electron chi connectivity index (χ3n) is 4.78. The van der Waals surface area contributed by atoms with Gasteiger partial charge in [-0.3, -0.25) is 9.59 Å². The van der Waals surface area contributed by atoms with E-state index < -0.39 is 10.9 Å². The second-order valence-electron chi connectivity index (χ2n) is 7.10. The van der Waals surface area contributed by atoms with Gasteiger partial charge in [-0.1, -0.05) is 26.0 Å². The zero-order valence-corrected chi connectivity index (χ0v) is 16.4. The smallest absolute Gasteiger partial charge is 0.253 e. The van der Waals surface area contributed by atoms with E-state index in [1.165, 1.54) is 0 Å². The van der Waals surface area contributed by atoms with Crippen molar-refractivity contribution in [2.45, 2.75) is 32.7 Å². The van der Waals surface area contributed by atoms with Gasteiger partial charge in [-0.05, 0) is 54.3 Å². The summed E-state index contributed by atoms with van der Waals surface area (Å²) in [6.45, 7) is 5.85. The minimum Gasteiger partial charge on any atom is -0.508 e. The van der Waals surface area contributed by atoms with Crippen LogP contribution in [0.15, 0.2) is 52.1 Å². The van der Waals surface area contributed by atoms with E-state index in [1.807, 2.05) is 45.0 Å². The van der Waals surface area contributed by atoms with Gasteiger partial charge in [0.2, 0.25) is 0 Å². The summed E-state index contributed by atoms with van der Waals surface area (Å²) in [5.74, 6) is 1.05. The molecular formula is C22H24N2O4. The Kier molecular flexibility index (Phi) is 5.40. The van der Waals surface area contributed by atoms with E-state index in [9.17, 15) is 14.7 Å². The molecule has 1 unspecified atom stereocenters. The monoisotopic (exact) mass is 380 g/mol. The third-order valence-corrected chi connectivity index (χ3v) is 4.78. The Morgan fingerprint density at radius 1 is 0.964 bits per heavy atom. The molecule has 1 atom stereocenters. The Morgan fingerprint density at radius 2 is 1.68 bits per heavy atom. The Bertz CT molecular complexity index is 1060. The fourth-order valence-electron chi connectivity index (χ4n) is 3.10. The lowest BCUT2D eigenvalue weighted by molar-refractivity contribution is 0.414. The van der Waals surface area contributed by atoms with Crippen LogP contribution in [-0.4, -0.2) is 12.2 Å². The van der Waals surface area contributed by atoms with Crippen LogP contribution in [-0.2, 0) is 0 Å². The number of hydrogen-bond acceptors (Lipinski definition) is 6. The maximum absolute atomic E-state index is 12.1. The number of rotatable bonds is 7. The number of benzene rings is 2. The highest BCUT2D eigenvalue weighted by atomic mass is 16.5. The van der Waals surface area contributed by atoms with Crippen LogP contribution < -0.4 is 26.2 Å². The average Bonchev–Trinajstić information content (AvgIpc) is 2.70. The predicted octanol–water partition coefficient (Wildman–Crippen LogP) is 4.04. The Morgan fingerprint density at radius 3 is 2.36 bits per heavy atom. The van der Waals surface area contributed by atoms with Gasteiger partial charge in [0.1, 0.15) is 22.9 Å². The molecule has 3 rings (SSSR count). The molecule has 0 aromatic heterocycles. The van der Waals surface area contributed by atoms with Gasteiger partial charge < -0.3 is 20.5 Å². The molecule has 3 N–H and O–H groups in total. The molecule has 0 amide bonds. The molecule has 3 aromatic rings. The van der Waals surface area contributed by atoms with Crippen LogP contribution in [0.25, 0.3) is 0 Å². The van der Waals surface area contributed by atoms with Crippen molar-refractivity contribution < 1.29 is 9.84 Å². The highest BCUT2D eigenvalue weighted by Gasteiger charge is 2.23. The summed E-state index contributed by atoms with van der Waals surface area (Å²) in [6.07, 6.45) is 0. The maximum Gasteiger partial charge on any atom is 0.253 e. The largest absolute Gasteiger partial charge is 0.508 e. The highest BCUT2D eigenvalue weighted by molar-refractivity contribution is 5.79. The Balaban J connectivity index is 1.84. The number of hydrogen-bond donors (Lipinski definition) is 3. The highest BCUT2D eigenvalue weighted by Crippen LogP contribution is 2.31. The number of ether oxygens (including phenoxy) is 1. The molecule has 0 heterocycles. The van der Waals surface area contributed by atoms with Crippen LogP contribution in [0.4, 0.5) is 17.1 Å². The molecule has 0 bridgehead atoms. The van der Waals surface area contributed by atoms with Crippen LogP contribution >= 0.6 is 0 Å². The summed E-state index contributed by atoms with van der Waals surface area (Å²) in [5.41, 5.74) is 1.75. The first-order valence-electron chi connectivity index (χ1n) is 9.15. The van der Waals surface area contributed by atoms with E-state index in [0.29, 0.717) is 5.69 Å². The van der Waals surface area contributed by atoms with Crippen LogP contribution in [0.5, 0.6) is 11.5 Å². The SMILES string of the molecule is COc1cccc(C(C)Nc2c(Nc3ccc(O)c(C(C)C)c3)c(=O)c2=O)c1. The van der Waals surface area contributed by atoms with Crippen molar-refractivity contribution in [3.63, 3.8) is 0 Å². The van der Waals surface area contributed by atoms with E-state index in [1.54, 1.807) is 25.3 Å². The standard InChI is InChI=1S/C22H24N2O4/c1-12(2)17-11-15(8-9-18(17)25)24-20-19(21(26)22(20)27)23-13(3)14-6-5-7-16(10-14)28-4/h5-13,23-25H,1-4H3. The predicted molar refractivity (Wildman–Crippen MR) is 112 cm³/mol. The van der Waals surface area contributed by atoms with Crippen molar-refractivity contribution in [3.05, 3.63) is 74.0 Å². The lowest BCUT2D eigenvalue weighted by atomic mass is 10.0. The second-order valence-corrected chi connectivity index (χ2v) is 7.10. The molecule has 0 aliphatic carbocycles. The normalized spacial score (nSPS) is 12.2. The first-order valence-corrected chi connectivity index (χ1v) is 9.15. The van der Waals surface area contributed by atoms with Crippen LogP contribution in [0.1, 0.15) is 43.9 Å². The average molecular weight is 380 g/mol. The van der Waals surface area contributed by atoms with E-state index in [2.05, 4.69) is 10.6 Å². The molecule has 3 aromatic carbocycles. The summed E-state index contributed by atoms with van der Waals surface area (Å²) in [6, 6.07) is 12.4. The molecule has 28 heavy (non-hydrogen) atoms. The minimum atomic E-state index is -0.556.